The van der Waals surface area contributed by atoms with Crippen molar-refractivity contribution in [3.05, 3.63) is 52.5 Å². The van der Waals surface area contributed by atoms with E-state index in [1.807, 2.05) is 36.4 Å². The summed E-state index contributed by atoms with van der Waals surface area (Å²) in [6.07, 6.45) is 0. The van der Waals surface area contributed by atoms with Crippen LogP contribution < -0.4 is 14.8 Å². The molecule has 0 unspecified atom stereocenters. The Hall–Kier alpha value is -1.68. The van der Waals surface area contributed by atoms with Crippen LogP contribution in [0.1, 0.15) is 5.56 Å². The van der Waals surface area contributed by atoms with Gasteiger partial charge in [0.25, 0.3) is 0 Å². The Labute approximate surface area is 121 Å². The second-order valence-corrected chi connectivity index (χ2v) is 4.91. The summed E-state index contributed by atoms with van der Waals surface area (Å²) in [6, 6.07) is 13.9. The average Bonchev–Trinajstić information content (AvgIpc) is 2.46. The monoisotopic (exact) mass is 321 g/mol. The molecule has 2 aromatic carbocycles. The molecule has 100 valence electrons. The van der Waals surface area contributed by atoms with E-state index < -0.39 is 0 Å². The molecule has 0 heterocycles. The van der Waals surface area contributed by atoms with Gasteiger partial charge in [0.15, 0.2) is 0 Å². The van der Waals surface area contributed by atoms with Crippen molar-refractivity contribution in [1.82, 2.24) is 0 Å². The molecule has 0 bridgehead atoms. The summed E-state index contributed by atoms with van der Waals surface area (Å²) in [5.41, 5.74) is 2.25. The quantitative estimate of drug-likeness (QED) is 0.900. The van der Waals surface area contributed by atoms with Crippen LogP contribution in [0.3, 0.4) is 0 Å². The zero-order chi connectivity index (χ0) is 13.7. The average molecular weight is 322 g/mol. The highest BCUT2D eigenvalue weighted by Crippen LogP contribution is 2.26. The number of methoxy groups -OCH3 is 2. The van der Waals surface area contributed by atoms with Crippen LogP contribution in [0, 0.1) is 0 Å². The maximum Gasteiger partial charge on any atom is 0.133 e. The molecular weight excluding hydrogens is 306 g/mol. The van der Waals surface area contributed by atoms with Crippen LogP contribution in [-0.4, -0.2) is 14.2 Å². The molecule has 0 spiro atoms. The molecule has 0 aliphatic heterocycles. The number of hydrogen-bond donors (Lipinski definition) is 1. The van der Waals surface area contributed by atoms with Gasteiger partial charge in [-0.2, -0.15) is 0 Å². The van der Waals surface area contributed by atoms with Gasteiger partial charge in [-0.15, -0.1) is 0 Å². The number of benzene rings is 2. The van der Waals surface area contributed by atoms with Crippen LogP contribution in [-0.2, 0) is 6.54 Å². The smallest absolute Gasteiger partial charge is 0.133 e. The van der Waals surface area contributed by atoms with Gasteiger partial charge in [0, 0.05) is 12.2 Å². The van der Waals surface area contributed by atoms with E-state index in [1.165, 1.54) is 5.56 Å². The highest BCUT2D eigenvalue weighted by Gasteiger charge is 2.01. The molecule has 0 amide bonds. The van der Waals surface area contributed by atoms with E-state index in [4.69, 9.17) is 9.47 Å². The Balaban J connectivity index is 1.99. The van der Waals surface area contributed by atoms with Crippen LogP contribution in [0.25, 0.3) is 0 Å². The molecule has 3 nitrogen and oxygen atoms in total. The fourth-order valence-electron chi connectivity index (χ4n) is 1.73. The van der Waals surface area contributed by atoms with Gasteiger partial charge in [0.2, 0.25) is 0 Å². The van der Waals surface area contributed by atoms with Crippen molar-refractivity contribution in [3.8, 4) is 11.5 Å². The van der Waals surface area contributed by atoms with Crippen LogP contribution >= 0.6 is 15.9 Å². The van der Waals surface area contributed by atoms with Crippen molar-refractivity contribution in [2.45, 2.75) is 6.54 Å². The Morgan fingerprint density at radius 2 is 1.74 bits per heavy atom. The highest BCUT2D eigenvalue weighted by atomic mass is 79.9. The lowest BCUT2D eigenvalue weighted by Crippen LogP contribution is -1.99. The first-order valence-corrected chi connectivity index (χ1v) is 6.72. The van der Waals surface area contributed by atoms with Gasteiger partial charge in [-0.05, 0) is 57.9 Å². The lowest BCUT2D eigenvalue weighted by molar-refractivity contribution is 0.412. The maximum atomic E-state index is 5.21. The minimum atomic E-state index is 0.759. The zero-order valence-electron chi connectivity index (χ0n) is 10.9. The largest absolute Gasteiger partial charge is 0.497 e. The molecule has 19 heavy (non-hydrogen) atoms. The molecule has 2 rings (SSSR count). The first-order valence-electron chi connectivity index (χ1n) is 5.93. The standard InChI is InChI=1S/C15H16BrNO2/c1-18-13-6-4-12(5-7-13)17-10-11-3-8-15(19-2)14(16)9-11/h3-9,17H,10H2,1-2H3. The third-order valence-corrected chi connectivity index (χ3v) is 3.42. The van der Waals surface area contributed by atoms with E-state index >= 15 is 0 Å². The SMILES string of the molecule is COc1ccc(NCc2ccc(OC)c(Br)c2)cc1. The topological polar surface area (TPSA) is 30.5 Å². The van der Waals surface area contributed by atoms with Crippen molar-refractivity contribution < 1.29 is 9.47 Å². The molecular formula is C15H16BrNO2. The van der Waals surface area contributed by atoms with Crippen LogP contribution in [0.15, 0.2) is 46.9 Å². The van der Waals surface area contributed by atoms with Crippen molar-refractivity contribution >= 4 is 21.6 Å². The van der Waals surface area contributed by atoms with Crippen LogP contribution in [0.4, 0.5) is 5.69 Å². The lowest BCUT2D eigenvalue weighted by atomic mass is 10.2. The summed E-state index contributed by atoms with van der Waals surface area (Å²) in [6.45, 7) is 0.759. The first kappa shape index (κ1) is 13.7. The summed E-state index contributed by atoms with van der Waals surface area (Å²) < 4.78 is 11.3. The van der Waals surface area contributed by atoms with Gasteiger partial charge in [-0.1, -0.05) is 6.07 Å². The predicted molar refractivity (Wildman–Crippen MR) is 81.0 cm³/mol. The van der Waals surface area contributed by atoms with Gasteiger partial charge >= 0.3 is 0 Å². The van der Waals surface area contributed by atoms with Crippen LogP contribution in [0.2, 0.25) is 0 Å². The fraction of sp³-hybridized carbons (Fsp3) is 0.200. The Morgan fingerprint density at radius 3 is 2.32 bits per heavy atom. The van der Waals surface area contributed by atoms with Crippen molar-refractivity contribution in [1.29, 1.82) is 0 Å². The molecule has 2 aromatic rings. The molecule has 0 aliphatic rings. The molecule has 0 atom stereocenters. The van der Waals surface area contributed by atoms with Gasteiger partial charge in [0.05, 0.1) is 18.7 Å². The van der Waals surface area contributed by atoms with Gasteiger partial charge in [-0.3, -0.25) is 0 Å². The zero-order valence-corrected chi connectivity index (χ0v) is 12.5. The summed E-state index contributed by atoms with van der Waals surface area (Å²) in [4.78, 5) is 0. The lowest BCUT2D eigenvalue weighted by Gasteiger charge is -2.09. The molecule has 0 radical (unpaired) electrons. The molecule has 0 fully saturated rings. The molecule has 0 aliphatic carbocycles. The Kier molecular flexibility index (Phi) is 4.68. The van der Waals surface area contributed by atoms with E-state index in [0.717, 1.165) is 28.2 Å². The molecule has 0 saturated heterocycles. The molecule has 1 N–H and O–H groups in total. The normalized spacial score (nSPS) is 10.1. The number of hydrogen-bond acceptors (Lipinski definition) is 3. The number of ether oxygens (including phenoxy) is 2. The molecule has 4 heteroatoms. The number of nitrogens with one attached hydrogen (secondary N) is 1. The first-order chi connectivity index (χ1) is 9.22. The highest BCUT2D eigenvalue weighted by molar-refractivity contribution is 9.10. The van der Waals surface area contributed by atoms with E-state index in [9.17, 15) is 0 Å². The molecule has 0 aromatic heterocycles. The second-order valence-electron chi connectivity index (χ2n) is 4.05. The van der Waals surface area contributed by atoms with Gasteiger partial charge in [0.1, 0.15) is 11.5 Å². The fourth-order valence-corrected chi connectivity index (χ4v) is 2.32. The van der Waals surface area contributed by atoms with Crippen molar-refractivity contribution in [3.63, 3.8) is 0 Å². The second kappa shape index (κ2) is 6.48. The minimum Gasteiger partial charge on any atom is -0.497 e. The summed E-state index contributed by atoms with van der Waals surface area (Å²) in [7, 11) is 3.33. The van der Waals surface area contributed by atoms with Crippen molar-refractivity contribution in [2.24, 2.45) is 0 Å². The van der Waals surface area contributed by atoms with Gasteiger partial charge < -0.3 is 14.8 Å². The number of halogens is 1. The van der Waals surface area contributed by atoms with E-state index in [0.29, 0.717) is 0 Å². The predicted octanol–water partition coefficient (Wildman–Crippen LogP) is 4.08. The van der Waals surface area contributed by atoms with Crippen LogP contribution in [0.5, 0.6) is 11.5 Å². The van der Waals surface area contributed by atoms with Crippen molar-refractivity contribution in [2.75, 3.05) is 19.5 Å². The van der Waals surface area contributed by atoms with E-state index in [1.54, 1.807) is 14.2 Å². The van der Waals surface area contributed by atoms with E-state index in [-0.39, 0.29) is 0 Å². The summed E-state index contributed by atoms with van der Waals surface area (Å²) >= 11 is 3.48. The molecule has 0 saturated carbocycles. The Bertz CT molecular complexity index is 540. The number of rotatable bonds is 5. The van der Waals surface area contributed by atoms with Gasteiger partial charge in [-0.25, -0.2) is 0 Å². The van der Waals surface area contributed by atoms with E-state index in [2.05, 4.69) is 27.3 Å². The summed E-state index contributed by atoms with van der Waals surface area (Å²) in [5.74, 6) is 1.70. The third kappa shape index (κ3) is 3.64. The Morgan fingerprint density at radius 1 is 1.00 bits per heavy atom. The third-order valence-electron chi connectivity index (χ3n) is 2.80. The minimum absolute atomic E-state index is 0.759. The summed E-state index contributed by atoms with van der Waals surface area (Å²) in [5, 5.41) is 3.36. The number of anilines is 1. The maximum absolute atomic E-state index is 5.21.